The van der Waals surface area contributed by atoms with Gasteiger partial charge in [-0.25, -0.2) is 4.79 Å². The van der Waals surface area contributed by atoms with Gasteiger partial charge >= 0.3 is 23.7 Å². The summed E-state index contributed by atoms with van der Waals surface area (Å²) in [5.41, 5.74) is -1.43. The van der Waals surface area contributed by atoms with Crippen LogP contribution in [-0.2, 0) is 0 Å². The summed E-state index contributed by atoms with van der Waals surface area (Å²) >= 11 is 0. The van der Waals surface area contributed by atoms with Crippen LogP contribution in [-0.4, -0.2) is 55.0 Å². The highest BCUT2D eigenvalue weighted by atomic mass is 16.6. The van der Waals surface area contributed by atoms with E-state index >= 15 is 0 Å². The average molecular weight is 296 g/mol. The molecule has 0 fully saturated rings. The zero-order valence-electron chi connectivity index (χ0n) is 10.7. The van der Waals surface area contributed by atoms with Crippen molar-refractivity contribution in [3.63, 3.8) is 0 Å². The van der Waals surface area contributed by atoms with E-state index in [4.69, 9.17) is 14.6 Å². The van der Waals surface area contributed by atoms with Crippen molar-refractivity contribution < 1.29 is 24.3 Å². The maximum absolute atomic E-state index is 10.9. The van der Waals surface area contributed by atoms with Crippen molar-refractivity contribution in [1.82, 2.24) is 24.7 Å². The molecule has 0 saturated heterocycles. The molecular formula is C9H8N6O6. The van der Waals surface area contributed by atoms with E-state index in [2.05, 4.69) is 20.1 Å². The van der Waals surface area contributed by atoms with Crippen molar-refractivity contribution in [3.05, 3.63) is 22.0 Å². The number of nitro groups is 1. The van der Waals surface area contributed by atoms with E-state index in [9.17, 15) is 14.9 Å². The smallest absolute Gasteiger partial charge is 0.363 e. The Kier molecular flexibility index (Phi) is 3.60. The van der Waals surface area contributed by atoms with Crippen LogP contribution >= 0.6 is 0 Å². The molecule has 0 unspecified atom stereocenters. The summed E-state index contributed by atoms with van der Waals surface area (Å²) in [6.45, 7) is 0. The molecule has 2 rings (SSSR count). The van der Waals surface area contributed by atoms with Crippen molar-refractivity contribution in [3.8, 4) is 18.0 Å². The second kappa shape index (κ2) is 5.36. The Hall–Kier alpha value is -3.31. The van der Waals surface area contributed by atoms with Crippen molar-refractivity contribution in [1.29, 1.82) is 0 Å². The summed E-state index contributed by atoms with van der Waals surface area (Å²) in [5, 5.41) is 23.3. The van der Waals surface area contributed by atoms with Crippen LogP contribution in [0.5, 0.6) is 12.0 Å². The topological polar surface area (TPSA) is 155 Å². The van der Waals surface area contributed by atoms with Gasteiger partial charge in [0.05, 0.1) is 19.1 Å². The second-order valence-corrected chi connectivity index (χ2v) is 3.48. The van der Waals surface area contributed by atoms with Crippen molar-refractivity contribution in [2.24, 2.45) is 0 Å². The molecule has 0 aliphatic rings. The minimum atomic E-state index is -1.55. The standard InChI is InChI=1S/C9H8N6O6/c1-20-8-10-7(11-9(12-8)21-2)14-3-4(15(18)19)5(13-14)6(16)17/h3H,1-2H3,(H,16,17). The number of hydrogen-bond donors (Lipinski definition) is 1. The first-order valence-corrected chi connectivity index (χ1v) is 5.28. The molecule has 0 atom stereocenters. The van der Waals surface area contributed by atoms with E-state index in [0.29, 0.717) is 0 Å². The molecule has 0 bridgehead atoms. The number of methoxy groups -OCH3 is 2. The predicted molar refractivity (Wildman–Crippen MR) is 63.7 cm³/mol. The number of rotatable bonds is 5. The van der Waals surface area contributed by atoms with Gasteiger partial charge in [-0.05, 0) is 0 Å². The molecule has 110 valence electrons. The van der Waals surface area contributed by atoms with E-state index in [1.165, 1.54) is 14.2 Å². The normalized spacial score (nSPS) is 10.2. The van der Waals surface area contributed by atoms with E-state index < -0.39 is 22.3 Å². The van der Waals surface area contributed by atoms with Gasteiger partial charge < -0.3 is 14.6 Å². The summed E-state index contributed by atoms with van der Waals surface area (Å²) in [7, 11) is 2.60. The van der Waals surface area contributed by atoms with Gasteiger partial charge in [-0.1, -0.05) is 0 Å². The van der Waals surface area contributed by atoms with Crippen LogP contribution in [0.15, 0.2) is 6.20 Å². The van der Waals surface area contributed by atoms with E-state index in [1.54, 1.807) is 0 Å². The summed E-state index contributed by atoms with van der Waals surface area (Å²) in [6.07, 6.45) is 0.873. The number of hydrogen-bond acceptors (Lipinski definition) is 9. The first kappa shape index (κ1) is 14.1. The number of carbonyl (C=O) groups is 1. The van der Waals surface area contributed by atoms with Crippen LogP contribution < -0.4 is 9.47 Å². The molecule has 0 aromatic carbocycles. The average Bonchev–Trinajstić information content (AvgIpc) is 2.92. The first-order valence-electron chi connectivity index (χ1n) is 5.28. The third kappa shape index (κ3) is 2.68. The molecule has 2 aromatic rings. The highest BCUT2D eigenvalue weighted by Crippen LogP contribution is 2.19. The summed E-state index contributed by atoms with van der Waals surface area (Å²) in [5.74, 6) is -1.73. The van der Waals surface area contributed by atoms with Crippen LogP contribution in [0.3, 0.4) is 0 Å². The van der Waals surface area contributed by atoms with Gasteiger partial charge in [-0.2, -0.15) is 19.7 Å². The highest BCUT2D eigenvalue weighted by Gasteiger charge is 2.26. The quantitative estimate of drug-likeness (QED) is 0.572. The monoisotopic (exact) mass is 296 g/mol. The SMILES string of the molecule is COc1nc(OC)nc(-n2cc([N+](=O)[O-])c(C(=O)O)n2)n1. The maximum Gasteiger partial charge on any atom is 0.363 e. The minimum absolute atomic E-state index is 0.119. The van der Waals surface area contributed by atoms with Gasteiger partial charge in [0, 0.05) is 0 Å². The van der Waals surface area contributed by atoms with Gasteiger partial charge in [0.15, 0.2) is 0 Å². The molecule has 0 radical (unpaired) electrons. The van der Waals surface area contributed by atoms with Crippen LogP contribution in [0.2, 0.25) is 0 Å². The Bertz CT molecular complexity index is 659. The van der Waals surface area contributed by atoms with Crippen molar-refractivity contribution in [2.45, 2.75) is 0 Å². The number of carboxylic acids is 1. The Morgan fingerprint density at radius 1 is 1.29 bits per heavy atom. The van der Waals surface area contributed by atoms with Crippen molar-refractivity contribution >= 4 is 11.7 Å². The van der Waals surface area contributed by atoms with Gasteiger partial charge in [0.2, 0.25) is 5.69 Å². The van der Waals surface area contributed by atoms with Crippen molar-refractivity contribution in [2.75, 3.05) is 14.2 Å². The third-order valence-electron chi connectivity index (χ3n) is 2.25. The van der Waals surface area contributed by atoms with E-state index in [0.717, 1.165) is 10.9 Å². The van der Waals surface area contributed by atoms with E-state index in [-0.39, 0.29) is 18.0 Å². The molecular weight excluding hydrogens is 288 g/mol. The molecule has 0 amide bonds. The minimum Gasteiger partial charge on any atom is -0.476 e. The Morgan fingerprint density at radius 2 is 1.86 bits per heavy atom. The molecule has 2 heterocycles. The summed E-state index contributed by atoms with van der Waals surface area (Å²) in [6, 6.07) is -0.237. The summed E-state index contributed by atoms with van der Waals surface area (Å²) in [4.78, 5) is 32.2. The number of aromatic carboxylic acids is 1. The predicted octanol–water partition coefficient (Wildman–Crippen LogP) is -0.319. The first-order chi connectivity index (χ1) is 9.96. The molecule has 12 nitrogen and oxygen atoms in total. The van der Waals surface area contributed by atoms with E-state index in [1.807, 2.05) is 0 Å². The molecule has 0 saturated carbocycles. The Labute approximate surface area is 116 Å². The molecule has 0 aliphatic heterocycles. The lowest BCUT2D eigenvalue weighted by molar-refractivity contribution is -0.385. The zero-order valence-corrected chi connectivity index (χ0v) is 10.7. The zero-order chi connectivity index (χ0) is 15.6. The molecule has 12 heteroatoms. The van der Waals surface area contributed by atoms with Crippen LogP contribution in [0.4, 0.5) is 5.69 Å². The Morgan fingerprint density at radius 3 is 2.24 bits per heavy atom. The lowest BCUT2D eigenvalue weighted by Crippen LogP contribution is -2.08. The van der Waals surface area contributed by atoms with Gasteiger partial charge in [0.25, 0.3) is 5.95 Å². The number of aromatic nitrogens is 5. The highest BCUT2D eigenvalue weighted by molar-refractivity contribution is 5.89. The molecule has 21 heavy (non-hydrogen) atoms. The lowest BCUT2D eigenvalue weighted by Gasteiger charge is -2.03. The molecule has 0 spiro atoms. The number of nitrogens with zero attached hydrogens (tertiary/aromatic N) is 6. The van der Waals surface area contributed by atoms with Crippen LogP contribution in [0, 0.1) is 10.1 Å². The van der Waals surface area contributed by atoms with Crippen LogP contribution in [0.1, 0.15) is 10.5 Å². The number of carboxylic acid groups (broad SMARTS) is 1. The Balaban J connectivity index is 2.59. The molecule has 0 aliphatic carbocycles. The van der Waals surface area contributed by atoms with Gasteiger partial charge in [-0.15, -0.1) is 4.98 Å². The number of ether oxygens (including phenoxy) is 2. The fourth-order valence-electron chi connectivity index (χ4n) is 1.37. The van der Waals surface area contributed by atoms with Crippen LogP contribution in [0.25, 0.3) is 5.95 Å². The maximum atomic E-state index is 10.9. The fourth-order valence-corrected chi connectivity index (χ4v) is 1.37. The lowest BCUT2D eigenvalue weighted by atomic mass is 10.4. The summed E-state index contributed by atoms with van der Waals surface area (Å²) < 4.78 is 10.5. The van der Waals surface area contributed by atoms with Gasteiger partial charge in [0.1, 0.15) is 6.20 Å². The van der Waals surface area contributed by atoms with Gasteiger partial charge in [-0.3, -0.25) is 10.1 Å². The third-order valence-corrected chi connectivity index (χ3v) is 2.25. The molecule has 2 aromatic heterocycles. The largest absolute Gasteiger partial charge is 0.476 e. The second-order valence-electron chi connectivity index (χ2n) is 3.48. The fraction of sp³-hybridized carbons (Fsp3) is 0.222. The molecule has 1 N–H and O–H groups in total.